The van der Waals surface area contributed by atoms with Crippen LogP contribution in [0, 0.1) is 0 Å². The van der Waals surface area contributed by atoms with Gasteiger partial charge in [-0.25, -0.2) is 0 Å². The van der Waals surface area contributed by atoms with E-state index in [0.29, 0.717) is 19.6 Å². The van der Waals surface area contributed by atoms with E-state index in [-0.39, 0.29) is 49.2 Å². The highest BCUT2D eigenvalue weighted by Gasteiger charge is 2.47. The van der Waals surface area contributed by atoms with Crippen molar-refractivity contribution in [3.8, 4) is 0 Å². The van der Waals surface area contributed by atoms with Gasteiger partial charge in [-0.3, -0.25) is 4.79 Å². The van der Waals surface area contributed by atoms with E-state index in [2.05, 4.69) is 22.8 Å². The van der Waals surface area contributed by atoms with Crippen molar-refractivity contribution in [3.63, 3.8) is 0 Å². The maximum Gasteiger partial charge on any atom is 0.237 e. The normalized spacial score (nSPS) is 35.1. The number of benzene rings is 1. The first-order valence-corrected chi connectivity index (χ1v) is 7.74. The van der Waals surface area contributed by atoms with Crippen molar-refractivity contribution in [2.45, 2.75) is 43.4 Å². The van der Waals surface area contributed by atoms with Crippen molar-refractivity contribution in [2.24, 2.45) is 0 Å². The minimum Gasteiger partial charge on any atom is -0.388 e. The topological polar surface area (TPSA) is 79.8 Å². The van der Waals surface area contributed by atoms with Gasteiger partial charge in [0.05, 0.1) is 25.3 Å². The molecule has 2 saturated heterocycles. The molecule has 3 aliphatic heterocycles. The van der Waals surface area contributed by atoms with E-state index in [1.165, 1.54) is 11.1 Å². The predicted octanol–water partition coefficient (Wildman–Crippen LogP) is -0.234. The average Bonchev–Trinajstić information content (AvgIpc) is 3.11. The van der Waals surface area contributed by atoms with Crippen LogP contribution in [0.5, 0.6) is 0 Å². The molecule has 3 heterocycles. The summed E-state index contributed by atoms with van der Waals surface area (Å²) >= 11 is 0. The molecule has 0 bridgehead atoms. The summed E-state index contributed by atoms with van der Waals surface area (Å²) in [7, 11) is 0. The molecule has 0 unspecified atom stereocenters. The van der Waals surface area contributed by atoms with Crippen LogP contribution in [0.25, 0.3) is 0 Å². The molecule has 1 amide bonds. The molecular formula is C16H21ClN2O4. The molecule has 5 atom stereocenters. The van der Waals surface area contributed by atoms with Crippen LogP contribution in [0.4, 0.5) is 0 Å². The first kappa shape index (κ1) is 16.7. The largest absolute Gasteiger partial charge is 0.388 e. The van der Waals surface area contributed by atoms with Gasteiger partial charge in [0, 0.05) is 6.54 Å². The summed E-state index contributed by atoms with van der Waals surface area (Å²) < 4.78 is 11.1. The highest BCUT2D eigenvalue weighted by atomic mass is 35.5. The van der Waals surface area contributed by atoms with Crippen LogP contribution in [-0.4, -0.2) is 54.6 Å². The van der Waals surface area contributed by atoms with E-state index in [1.807, 2.05) is 12.1 Å². The number of hydrogen-bond acceptors (Lipinski definition) is 5. The van der Waals surface area contributed by atoms with Gasteiger partial charge in [0.25, 0.3) is 0 Å². The molecule has 0 radical (unpaired) electrons. The summed E-state index contributed by atoms with van der Waals surface area (Å²) in [6, 6.07) is 7.75. The summed E-state index contributed by atoms with van der Waals surface area (Å²) in [5, 5.41) is 16.0. The predicted molar refractivity (Wildman–Crippen MR) is 85.4 cm³/mol. The minimum atomic E-state index is -0.591. The molecule has 3 N–H and O–H groups in total. The molecule has 0 saturated carbocycles. The van der Waals surface area contributed by atoms with E-state index in [0.717, 1.165) is 0 Å². The summed E-state index contributed by atoms with van der Waals surface area (Å²) in [4.78, 5) is 12.5. The highest BCUT2D eigenvalue weighted by molar-refractivity contribution is 5.85. The summed E-state index contributed by atoms with van der Waals surface area (Å²) in [6.45, 7) is 1.37. The number of halogens is 1. The fourth-order valence-corrected chi connectivity index (χ4v) is 3.53. The van der Waals surface area contributed by atoms with Gasteiger partial charge in [0.15, 0.2) is 0 Å². The number of rotatable bonds is 2. The van der Waals surface area contributed by atoms with Gasteiger partial charge in [-0.2, -0.15) is 0 Å². The smallest absolute Gasteiger partial charge is 0.237 e. The van der Waals surface area contributed by atoms with Crippen LogP contribution in [0.2, 0.25) is 0 Å². The Balaban J connectivity index is 0.00000156. The van der Waals surface area contributed by atoms with E-state index >= 15 is 0 Å². The van der Waals surface area contributed by atoms with Crippen molar-refractivity contribution in [3.05, 3.63) is 35.4 Å². The highest BCUT2D eigenvalue weighted by Crippen LogP contribution is 2.27. The van der Waals surface area contributed by atoms with Crippen LogP contribution in [0.15, 0.2) is 24.3 Å². The number of ether oxygens (including phenoxy) is 2. The lowest BCUT2D eigenvalue weighted by Crippen LogP contribution is -2.53. The van der Waals surface area contributed by atoms with Gasteiger partial charge in [-0.15, -0.1) is 12.4 Å². The fourth-order valence-electron chi connectivity index (χ4n) is 3.53. The number of hydrogen-bond donors (Lipinski definition) is 3. The number of nitrogens with one attached hydrogen (secondary N) is 2. The lowest BCUT2D eigenvalue weighted by Gasteiger charge is -2.27. The number of carbonyl (C=O) groups excluding carboxylic acids is 1. The fraction of sp³-hybridized carbons (Fsp3) is 0.562. The summed E-state index contributed by atoms with van der Waals surface area (Å²) in [5.74, 6) is -0.0336. The first-order valence-electron chi connectivity index (χ1n) is 7.74. The van der Waals surface area contributed by atoms with Gasteiger partial charge in [0.1, 0.15) is 18.3 Å². The molecular weight excluding hydrogens is 320 g/mol. The van der Waals surface area contributed by atoms with Gasteiger partial charge in [-0.05, 0) is 17.5 Å². The van der Waals surface area contributed by atoms with Gasteiger partial charge < -0.3 is 25.2 Å². The number of amides is 1. The molecule has 3 aliphatic rings. The van der Waals surface area contributed by atoms with Crippen molar-refractivity contribution >= 4 is 18.3 Å². The quantitative estimate of drug-likeness (QED) is 0.693. The Labute approximate surface area is 140 Å². The zero-order valence-electron chi connectivity index (χ0n) is 12.6. The van der Waals surface area contributed by atoms with E-state index in [9.17, 15) is 9.90 Å². The third kappa shape index (κ3) is 3.09. The Morgan fingerprint density at radius 2 is 1.91 bits per heavy atom. The summed E-state index contributed by atoms with van der Waals surface area (Å²) in [6.07, 6.45) is -0.459. The molecule has 4 rings (SSSR count). The van der Waals surface area contributed by atoms with Crippen LogP contribution in [0.3, 0.4) is 0 Å². The molecule has 1 aromatic carbocycles. The van der Waals surface area contributed by atoms with Crippen LogP contribution < -0.4 is 10.6 Å². The third-order valence-corrected chi connectivity index (χ3v) is 4.75. The Hall–Kier alpha value is -1.18. The standard InChI is InChI=1S/C16H20N2O4.ClH/c19-13-8-22-14-12(7-21-15(13)14)18-16(20)11-5-9-3-1-2-4-10(9)6-17-11;/h1-4,11-15,17,19H,5-8H2,(H,18,20);1H/t11-,12+,13-,14-,15-;/m1./s1. The molecule has 0 aromatic heterocycles. The number of carbonyl (C=O) groups is 1. The SMILES string of the molecule is Cl.O=C(N[C@H]1CO[C@H]2[C@@H]1OC[C@H]2O)[C@H]1Cc2ccccc2CN1. The molecule has 23 heavy (non-hydrogen) atoms. The molecule has 126 valence electrons. The second kappa shape index (κ2) is 6.75. The molecule has 7 heteroatoms. The monoisotopic (exact) mass is 340 g/mol. The lowest BCUT2D eigenvalue weighted by molar-refractivity contribution is -0.124. The maximum atomic E-state index is 12.5. The third-order valence-electron chi connectivity index (χ3n) is 4.75. The van der Waals surface area contributed by atoms with Crippen molar-refractivity contribution in [1.29, 1.82) is 0 Å². The second-order valence-electron chi connectivity index (χ2n) is 6.18. The first-order chi connectivity index (χ1) is 10.7. The molecule has 2 fully saturated rings. The van der Waals surface area contributed by atoms with Crippen LogP contribution >= 0.6 is 12.4 Å². The second-order valence-corrected chi connectivity index (χ2v) is 6.18. The van der Waals surface area contributed by atoms with Crippen molar-refractivity contribution in [2.75, 3.05) is 13.2 Å². The Morgan fingerprint density at radius 3 is 2.74 bits per heavy atom. The van der Waals surface area contributed by atoms with Crippen LogP contribution in [0.1, 0.15) is 11.1 Å². The number of aliphatic hydroxyl groups is 1. The molecule has 0 spiro atoms. The lowest BCUT2D eigenvalue weighted by atomic mass is 9.95. The van der Waals surface area contributed by atoms with E-state index in [4.69, 9.17) is 9.47 Å². The van der Waals surface area contributed by atoms with Gasteiger partial charge >= 0.3 is 0 Å². The van der Waals surface area contributed by atoms with Gasteiger partial charge in [0.2, 0.25) is 5.91 Å². The van der Waals surface area contributed by atoms with E-state index < -0.39 is 6.10 Å². The maximum absolute atomic E-state index is 12.5. The molecule has 0 aliphatic carbocycles. The van der Waals surface area contributed by atoms with E-state index in [1.54, 1.807) is 0 Å². The number of aliphatic hydroxyl groups excluding tert-OH is 1. The van der Waals surface area contributed by atoms with Crippen molar-refractivity contribution in [1.82, 2.24) is 10.6 Å². The Kier molecular flexibility index (Phi) is 4.89. The minimum absolute atomic E-state index is 0. The van der Waals surface area contributed by atoms with Crippen molar-refractivity contribution < 1.29 is 19.4 Å². The summed E-state index contributed by atoms with van der Waals surface area (Å²) in [5.41, 5.74) is 2.47. The molecule has 1 aromatic rings. The average molecular weight is 341 g/mol. The zero-order valence-corrected chi connectivity index (χ0v) is 13.4. The van der Waals surface area contributed by atoms with Crippen LogP contribution in [-0.2, 0) is 27.2 Å². The molecule has 6 nitrogen and oxygen atoms in total. The Morgan fingerprint density at radius 1 is 1.17 bits per heavy atom. The Bertz CT molecular complexity index is 585. The van der Waals surface area contributed by atoms with Gasteiger partial charge in [-0.1, -0.05) is 24.3 Å². The number of fused-ring (bicyclic) bond motifs is 2. The zero-order chi connectivity index (χ0) is 15.1.